The molecule has 1 fully saturated rings. The number of halogens is 1. The number of sulfone groups is 1. The van der Waals surface area contributed by atoms with E-state index in [-0.39, 0.29) is 23.9 Å². The van der Waals surface area contributed by atoms with E-state index < -0.39 is 28.0 Å². The summed E-state index contributed by atoms with van der Waals surface area (Å²) in [6, 6.07) is 5.06. The number of ether oxygens (including phenoxy) is 1. The second-order valence-corrected chi connectivity index (χ2v) is 7.32. The number of hydrogen-bond acceptors (Lipinski definition) is 5. The van der Waals surface area contributed by atoms with Gasteiger partial charge in [-0.15, -0.1) is 0 Å². The van der Waals surface area contributed by atoms with Crippen molar-refractivity contribution in [2.24, 2.45) is 0 Å². The lowest BCUT2D eigenvalue weighted by Gasteiger charge is -2.20. The number of nitrogens with one attached hydrogen (secondary N) is 2. The standard InChI is InChI=1S/C14H19FN2O4S/c1-2-21-14(18)17-13-9-22(19,20)8-12(13)16-7-10-4-3-5-11(15)6-10/h3-6,12-13,16H,2,7-9H2,1H3,(H,17,18)/t12-,13-/m1/s1. The zero-order valence-corrected chi connectivity index (χ0v) is 13.0. The Labute approximate surface area is 129 Å². The monoisotopic (exact) mass is 330 g/mol. The number of alkyl carbamates (subject to hydrolysis) is 1. The van der Waals surface area contributed by atoms with Crippen LogP contribution in [0.4, 0.5) is 9.18 Å². The topological polar surface area (TPSA) is 84.5 Å². The van der Waals surface area contributed by atoms with Crippen LogP contribution in [0.25, 0.3) is 0 Å². The fourth-order valence-corrected chi connectivity index (χ4v) is 4.31. The third kappa shape index (κ3) is 4.67. The molecule has 2 rings (SSSR count). The first-order chi connectivity index (χ1) is 10.4. The summed E-state index contributed by atoms with van der Waals surface area (Å²) in [6.45, 7) is 2.20. The normalized spacial score (nSPS) is 23.2. The Kier molecular flexibility index (Phi) is 5.36. The van der Waals surface area contributed by atoms with E-state index in [1.165, 1.54) is 12.1 Å². The molecular weight excluding hydrogens is 311 g/mol. The minimum absolute atomic E-state index is 0.0701. The molecular formula is C14H19FN2O4S. The maximum atomic E-state index is 13.1. The lowest BCUT2D eigenvalue weighted by Crippen LogP contribution is -2.49. The summed E-state index contributed by atoms with van der Waals surface area (Å²) in [5, 5.41) is 5.62. The van der Waals surface area contributed by atoms with Crippen molar-refractivity contribution in [1.29, 1.82) is 0 Å². The van der Waals surface area contributed by atoms with Gasteiger partial charge in [0.25, 0.3) is 0 Å². The van der Waals surface area contributed by atoms with Gasteiger partial charge in [0.15, 0.2) is 9.84 Å². The predicted octanol–water partition coefficient (Wildman–Crippen LogP) is 0.827. The molecule has 1 heterocycles. The third-order valence-corrected chi connectivity index (χ3v) is 5.12. The Morgan fingerprint density at radius 3 is 2.77 bits per heavy atom. The van der Waals surface area contributed by atoms with Crippen molar-refractivity contribution in [3.63, 3.8) is 0 Å². The zero-order chi connectivity index (χ0) is 16.2. The first-order valence-electron chi connectivity index (χ1n) is 7.01. The molecule has 22 heavy (non-hydrogen) atoms. The smallest absolute Gasteiger partial charge is 0.407 e. The van der Waals surface area contributed by atoms with Crippen LogP contribution < -0.4 is 10.6 Å². The molecule has 0 aromatic heterocycles. The molecule has 0 unspecified atom stereocenters. The molecule has 1 aliphatic heterocycles. The average Bonchev–Trinajstić information content (AvgIpc) is 2.71. The highest BCUT2D eigenvalue weighted by Crippen LogP contribution is 2.14. The lowest BCUT2D eigenvalue weighted by molar-refractivity contribution is 0.147. The molecule has 122 valence electrons. The largest absolute Gasteiger partial charge is 0.450 e. The molecule has 0 aliphatic carbocycles. The SMILES string of the molecule is CCOC(=O)N[C@@H]1CS(=O)(=O)C[C@H]1NCc1cccc(F)c1. The number of benzene rings is 1. The maximum Gasteiger partial charge on any atom is 0.407 e. The van der Waals surface area contributed by atoms with Gasteiger partial charge in [-0.2, -0.15) is 0 Å². The Bertz CT molecular complexity index is 635. The van der Waals surface area contributed by atoms with Crippen molar-refractivity contribution in [2.45, 2.75) is 25.6 Å². The van der Waals surface area contributed by atoms with Crippen LogP contribution in [0.3, 0.4) is 0 Å². The quantitative estimate of drug-likeness (QED) is 0.835. The number of rotatable bonds is 5. The highest BCUT2D eigenvalue weighted by atomic mass is 32.2. The van der Waals surface area contributed by atoms with Crippen molar-refractivity contribution in [3.8, 4) is 0 Å². The van der Waals surface area contributed by atoms with Crippen molar-refractivity contribution in [3.05, 3.63) is 35.6 Å². The Hall–Kier alpha value is -1.67. The van der Waals surface area contributed by atoms with E-state index in [1.807, 2.05) is 0 Å². The highest BCUT2D eigenvalue weighted by molar-refractivity contribution is 7.91. The van der Waals surface area contributed by atoms with Crippen LogP contribution in [0, 0.1) is 5.82 Å². The van der Waals surface area contributed by atoms with E-state index >= 15 is 0 Å². The van der Waals surface area contributed by atoms with Gasteiger partial charge in [-0.1, -0.05) is 12.1 Å². The van der Waals surface area contributed by atoms with Gasteiger partial charge in [0.2, 0.25) is 0 Å². The van der Waals surface area contributed by atoms with E-state index in [0.717, 1.165) is 0 Å². The second-order valence-electron chi connectivity index (χ2n) is 5.17. The van der Waals surface area contributed by atoms with Crippen LogP contribution >= 0.6 is 0 Å². The van der Waals surface area contributed by atoms with Crippen LogP contribution in [-0.2, 0) is 21.1 Å². The minimum Gasteiger partial charge on any atom is -0.450 e. The molecule has 8 heteroatoms. The van der Waals surface area contributed by atoms with E-state index in [4.69, 9.17) is 4.74 Å². The van der Waals surface area contributed by atoms with E-state index in [0.29, 0.717) is 12.1 Å². The summed E-state index contributed by atoms with van der Waals surface area (Å²) in [6.07, 6.45) is -0.637. The van der Waals surface area contributed by atoms with Crippen LogP contribution in [0.2, 0.25) is 0 Å². The Morgan fingerprint density at radius 1 is 1.36 bits per heavy atom. The molecule has 2 atom stereocenters. The number of carbonyl (C=O) groups excluding carboxylic acids is 1. The molecule has 1 aliphatic rings. The van der Waals surface area contributed by atoms with Crippen LogP contribution in [-0.4, -0.2) is 44.7 Å². The van der Waals surface area contributed by atoms with Gasteiger partial charge >= 0.3 is 6.09 Å². The van der Waals surface area contributed by atoms with Gasteiger partial charge in [0, 0.05) is 12.6 Å². The minimum atomic E-state index is -3.22. The summed E-state index contributed by atoms with van der Waals surface area (Å²) in [7, 11) is -3.22. The molecule has 2 N–H and O–H groups in total. The first kappa shape index (κ1) is 16.7. The Balaban J connectivity index is 1.98. The average molecular weight is 330 g/mol. The fraction of sp³-hybridized carbons (Fsp3) is 0.500. The number of hydrogen-bond donors (Lipinski definition) is 2. The first-order valence-corrected chi connectivity index (χ1v) is 8.83. The van der Waals surface area contributed by atoms with Crippen molar-refractivity contribution in [1.82, 2.24) is 10.6 Å². The van der Waals surface area contributed by atoms with Crippen LogP contribution in [0.15, 0.2) is 24.3 Å². The van der Waals surface area contributed by atoms with Gasteiger partial charge in [-0.25, -0.2) is 17.6 Å². The van der Waals surface area contributed by atoms with E-state index in [2.05, 4.69) is 10.6 Å². The number of carbonyl (C=O) groups is 1. The lowest BCUT2D eigenvalue weighted by atomic mass is 10.1. The molecule has 6 nitrogen and oxygen atoms in total. The highest BCUT2D eigenvalue weighted by Gasteiger charge is 2.38. The van der Waals surface area contributed by atoms with Gasteiger partial charge in [-0.3, -0.25) is 0 Å². The predicted molar refractivity (Wildman–Crippen MR) is 79.6 cm³/mol. The summed E-state index contributed by atoms with van der Waals surface area (Å²) in [5.74, 6) is -0.550. The fourth-order valence-electron chi connectivity index (χ4n) is 2.41. The molecule has 0 saturated carbocycles. The maximum absolute atomic E-state index is 13.1. The summed E-state index contributed by atoms with van der Waals surface area (Å²) in [4.78, 5) is 11.5. The molecule has 1 aromatic carbocycles. The van der Waals surface area contributed by atoms with Gasteiger partial charge in [0.1, 0.15) is 5.82 Å². The van der Waals surface area contributed by atoms with Crippen LogP contribution in [0.5, 0.6) is 0 Å². The molecule has 0 spiro atoms. The molecule has 0 bridgehead atoms. The summed E-state index contributed by atoms with van der Waals surface area (Å²) >= 11 is 0. The van der Waals surface area contributed by atoms with Gasteiger partial charge < -0.3 is 15.4 Å². The zero-order valence-electron chi connectivity index (χ0n) is 12.2. The van der Waals surface area contributed by atoms with E-state index in [1.54, 1.807) is 19.1 Å². The van der Waals surface area contributed by atoms with Crippen molar-refractivity contribution >= 4 is 15.9 Å². The summed E-state index contributed by atoms with van der Waals surface area (Å²) in [5.41, 5.74) is 0.708. The van der Waals surface area contributed by atoms with E-state index in [9.17, 15) is 17.6 Å². The van der Waals surface area contributed by atoms with Crippen molar-refractivity contribution < 1.29 is 22.3 Å². The summed E-state index contributed by atoms with van der Waals surface area (Å²) < 4.78 is 41.4. The molecule has 1 aromatic rings. The van der Waals surface area contributed by atoms with Gasteiger partial charge in [0.05, 0.1) is 24.2 Å². The Morgan fingerprint density at radius 2 is 2.09 bits per heavy atom. The number of amides is 1. The molecule has 1 saturated heterocycles. The molecule has 1 amide bonds. The second kappa shape index (κ2) is 7.06. The van der Waals surface area contributed by atoms with Crippen molar-refractivity contribution in [2.75, 3.05) is 18.1 Å². The van der Waals surface area contributed by atoms with Crippen LogP contribution in [0.1, 0.15) is 12.5 Å². The third-order valence-electron chi connectivity index (χ3n) is 3.39. The van der Waals surface area contributed by atoms with Gasteiger partial charge in [-0.05, 0) is 24.6 Å². The molecule has 0 radical (unpaired) electrons.